The molecule has 0 rings (SSSR count). The van der Waals surface area contributed by atoms with E-state index in [1.165, 1.54) is 0 Å². The van der Waals surface area contributed by atoms with E-state index in [0.717, 1.165) is 0 Å². The molecule has 16 heavy (non-hydrogen) atoms. The van der Waals surface area contributed by atoms with Gasteiger partial charge in [-0.05, 0) is 0 Å². The molecule has 2 N–H and O–H groups in total. The van der Waals surface area contributed by atoms with Gasteiger partial charge in [0.2, 0.25) is 0 Å². The molecule has 0 unspecified atom stereocenters. The number of rotatable bonds is 6. The zero-order valence-electron chi connectivity index (χ0n) is 9.36. The molecule has 6 heteroatoms. The van der Waals surface area contributed by atoms with Gasteiger partial charge in [0.25, 0.3) is 0 Å². The lowest BCUT2D eigenvalue weighted by Gasteiger charge is -1.86. The number of ketones is 2. The van der Waals surface area contributed by atoms with Gasteiger partial charge in [0, 0.05) is 12.8 Å². The Kier molecular flexibility index (Phi) is 10.3. The summed E-state index contributed by atoms with van der Waals surface area (Å²) in [4.78, 5) is 40.0. The Bertz CT molecular complexity index is 240. The van der Waals surface area contributed by atoms with Crippen LogP contribution in [0.4, 0.5) is 0 Å². The first kappa shape index (κ1) is 16.7. The molecule has 0 aromatic heterocycles. The average molecular weight is 232 g/mol. The van der Waals surface area contributed by atoms with Crippen LogP contribution in [-0.2, 0) is 19.2 Å². The van der Waals surface area contributed by atoms with Gasteiger partial charge in [-0.25, -0.2) is 0 Å². The molecule has 0 atom stereocenters. The third-order valence-corrected chi connectivity index (χ3v) is 1.49. The Morgan fingerprint density at radius 1 is 0.750 bits per heavy atom. The van der Waals surface area contributed by atoms with Crippen LogP contribution in [0.15, 0.2) is 0 Å². The van der Waals surface area contributed by atoms with E-state index in [1.54, 1.807) is 13.8 Å². The van der Waals surface area contributed by atoms with Crippen LogP contribution in [0.2, 0.25) is 0 Å². The first-order valence-corrected chi connectivity index (χ1v) is 4.80. The van der Waals surface area contributed by atoms with Crippen molar-refractivity contribution in [1.29, 1.82) is 0 Å². The molecule has 0 saturated carbocycles. The van der Waals surface area contributed by atoms with Crippen molar-refractivity contribution in [3.8, 4) is 0 Å². The Morgan fingerprint density at radius 3 is 1.06 bits per heavy atom. The maximum absolute atomic E-state index is 10.2. The minimum Gasteiger partial charge on any atom is -0.481 e. The fraction of sp³-hybridized carbons (Fsp3) is 0.600. The molecule has 0 spiro atoms. The number of carbonyl (C=O) groups excluding carboxylic acids is 2. The molecule has 6 nitrogen and oxygen atoms in total. The fourth-order valence-electron chi connectivity index (χ4n) is 0.587. The van der Waals surface area contributed by atoms with Gasteiger partial charge in [-0.1, -0.05) is 13.8 Å². The van der Waals surface area contributed by atoms with Gasteiger partial charge < -0.3 is 10.2 Å². The molecule has 0 aliphatic carbocycles. The van der Waals surface area contributed by atoms with Crippen molar-refractivity contribution in [2.45, 2.75) is 39.5 Å². The minimum absolute atomic E-state index is 0.225. The largest absolute Gasteiger partial charge is 0.481 e. The Morgan fingerprint density at radius 2 is 1.00 bits per heavy atom. The Labute approximate surface area is 93.3 Å². The van der Waals surface area contributed by atoms with Crippen LogP contribution >= 0.6 is 0 Å². The van der Waals surface area contributed by atoms with E-state index in [2.05, 4.69) is 0 Å². The summed E-state index contributed by atoms with van der Waals surface area (Å²) in [6.07, 6.45) is -0.0500. The summed E-state index contributed by atoms with van der Waals surface area (Å²) in [5.74, 6) is -2.54. The Balaban J connectivity index is 0. The molecular weight excluding hydrogens is 216 g/mol. The van der Waals surface area contributed by atoms with E-state index in [0.29, 0.717) is 12.8 Å². The fourth-order valence-corrected chi connectivity index (χ4v) is 0.587. The van der Waals surface area contributed by atoms with Gasteiger partial charge >= 0.3 is 11.9 Å². The van der Waals surface area contributed by atoms with Crippen molar-refractivity contribution in [3.05, 3.63) is 0 Å². The molecule has 0 bridgehead atoms. The quantitative estimate of drug-likeness (QED) is 0.658. The number of hydrogen-bond acceptors (Lipinski definition) is 4. The summed E-state index contributed by atoms with van der Waals surface area (Å²) in [6.45, 7) is 3.29. The first-order chi connectivity index (χ1) is 7.33. The summed E-state index contributed by atoms with van der Waals surface area (Å²) in [7, 11) is 0. The molecule has 0 radical (unpaired) electrons. The maximum Gasteiger partial charge on any atom is 0.310 e. The summed E-state index contributed by atoms with van der Waals surface area (Å²) in [5.41, 5.74) is 0. The normalized spacial score (nSPS) is 8.62. The number of hydrogen-bond donors (Lipinski definition) is 2. The second-order valence-corrected chi connectivity index (χ2v) is 2.93. The molecule has 0 aliphatic heterocycles. The highest BCUT2D eigenvalue weighted by molar-refractivity contribution is 5.94. The van der Waals surface area contributed by atoms with Crippen LogP contribution in [0, 0.1) is 0 Å². The van der Waals surface area contributed by atoms with Crippen molar-refractivity contribution < 1.29 is 29.4 Å². The van der Waals surface area contributed by atoms with Crippen molar-refractivity contribution in [3.63, 3.8) is 0 Å². The highest BCUT2D eigenvalue weighted by Gasteiger charge is 2.03. The number of Topliss-reactive ketones (excluding diaryl/α,β-unsaturated/α-hetero) is 2. The highest BCUT2D eigenvalue weighted by atomic mass is 16.4. The average Bonchev–Trinajstić information content (AvgIpc) is 2.16. The van der Waals surface area contributed by atoms with Gasteiger partial charge in [0.05, 0.1) is 0 Å². The van der Waals surface area contributed by atoms with Crippen molar-refractivity contribution in [1.82, 2.24) is 0 Å². The topological polar surface area (TPSA) is 109 Å². The molecule has 0 fully saturated rings. The Hall–Kier alpha value is -1.72. The van der Waals surface area contributed by atoms with E-state index in [-0.39, 0.29) is 24.4 Å². The number of carbonyl (C=O) groups is 4. The van der Waals surface area contributed by atoms with Crippen LogP contribution in [0.25, 0.3) is 0 Å². The van der Waals surface area contributed by atoms with E-state index in [1.807, 2.05) is 0 Å². The van der Waals surface area contributed by atoms with Gasteiger partial charge in [0.1, 0.15) is 24.4 Å². The lowest BCUT2D eigenvalue weighted by atomic mass is 10.2. The van der Waals surface area contributed by atoms with Crippen LogP contribution < -0.4 is 0 Å². The van der Waals surface area contributed by atoms with E-state index in [9.17, 15) is 19.2 Å². The SMILES string of the molecule is CCC(=O)CC(=O)O.CCC(=O)CC(=O)O. The zero-order chi connectivity index (χ0) is 13.1. The van der Waals surface area contributed by atoms with Gasteiger partial charge in [0.15, 0.2) is 0 Å². The molecule has 92 valence electrons. The summed E-state index contributed by atoms with van der Waals surface area (Å²) in [5, 5.41) is 16.0. The van der Waals surface area contributed by atoms with E-state index >= 15 is 0 Å². The minimum atomic E-state index is -1.04. The van der Waals surface area contributed by atoms with Crippen LogP contribution in [0.1, 0.15) is 39.5 Å². The van der Waals surface area contributed by atoms with Crippen LogP contribution in [0.5, 0.6) is 0 Å². The third-order valence-electron chi connectivity index (χ3n) is 1.49. The number of aliphatic carboxylic acids is 2. The van der Waals surface area contributed by atoms with Gasteiger partial charge in [-0.2, -0.15) is 0 Å². The monoisotopic (exact) mass is 232 g/mol. The molecule has 0 saturated heterocycles. The predicted molar refractivity (Wildman–Crippen MR) is 55.1 cm³/mol. The molecule has 0 aromatic rings. The lowest BCUT2D eigenvalue weighted by molar-refractivity contribution is -0.141. The zero-order valence-corrected chi connectivity index (χ0v) is 9.36. The molecule has 0 aliphatic rings. The molecule has 0 aromatic carbocycles. The third kappa shape index (κ3) is 14.8. The van der Waals surface area contributed by atoms with E-state index in [4.69, 9.17) is 10.2 Å². The second kappa shape index (κ2) is 9.82. The number of carboxylic acid groups (broad SMARTS) is 2. The standard InChI is InChI=1S/2C5H8O3/c2*1-2-4(6)3-5(7)8/h2*2-3H2,1H3,(H,7,8). The first-order valence-electron chi connectivity index (χ1n) is 4.80. The van der Waals surface area contributed by atoms with Crippen molar-refractivity contribution in [2.24, 2.45) is 0 Å². The highest BCUT2D eigenvalue weighted by Crippen LogP contribution is 1.86. The summed E-state index contributed by atoms with van der Waals surface area (Å²) in [6, 6.07) is 0. The number of carboxylic acids is 2. The van der Waals surface area contributed by atoms with Crippen LogP contribution in [0.3, 0.4) is 0 Å². The van der Waals surface area contributed by atoms with Crippen molar-refractivity contribution in [2.75, 3.05) is 0 Å². The molecule has 0 heterocycles. The second-order valence-electron chi connectivity index (χ2n) is 2.93. The smallest absolute Gasteiger partial charge is 0.310 e. The van der Waals surface area contributed by atoms with E-state index < -0.39 is 11.9 Å². The predicted octanol–water partition coefficient (Wildman–Crippen LogP) is 0.880. The maximum atomic E-state index is 10.2. The van der Waals surface area contributed by atoms with Gasteiger partial charge in [-0.15, -0.1) is 0 Å². The van der Waals surface area contributed by atoms with Crippen molar-refractivity contribution >= 4 is 23.5 Å². The van der Waals surface area contributed by atoms with Gasteiger partial charge in [-0.3, -0.25) is 19.2 Å². The lowest BCUT2D eigenvalue weighted by Crippen LogP contribution is -2.04. The van der Waals surface area contributed by atoms with Crippen LogP contribution in [-0.4, -0.2) is 33.7 Å². The summed E-state index contributed by atoms with van der Waals surface area (Å²) < 4.78 is 0. The summed E-state index contributed by atoms with van der Waals surface area (Å²) >= 11 is 0. The molecular formula is C10H16O6. The molecule has 0 amide bonds.